The molecule has 1 saturated carbocycles. The first-order valence-corrected chi connectivity index (χ1v) is 6.41. The lowest BCUT2D eigenvalue weighted by molar-refractivity contribution is 0.0652. The van der Waals surface area contributed by atoms with Gasteiger partial charge in [0.15, 0.2) is 0 Å². The first kappa shape index (κ1) is 13.4. The van der Waals surface area contributed by atoms with E-state index in [4.69, 9.17) is 10.8 Å². The van der Waals surface area contributed by atoms with Crippen LogP contribution in [0.15, 0.2) is 12.1 Å². The van der Waals surface area contributed by atoms with Gasteiger partial charge in [0.05, 0.1) is 16.8 Å². The Kier molecular flexibility index (Phi) is 3.74. The van der Waals surface area contributed by atoms with E-state index in [-0.39, 0.29) is 22.7 Å². The molecule has 0 spiro atoms. The summed E-state index contributed by atoms with van der Waals surface area (Å²) in [5, 5.41) is 18.2. The van der Waals surface area contributed by atoms with Gasteiger partial charge in [-0.25, -0.2) is 9.59 Å². The highest BCUT2D eigenvalue weighted by molar-refractivity contribution is 6.06. The molecular formula is C14H17NO4. The van der Waals surface area contributed by atoms with Gasteiger partial charge in [0.2, 0.25) is 0 Å². The summed E-state index contributed by atoms with van der Waals surface area (Å²) in [7, 11) is 0. The Bertz CT molecular complexity index is 518. The van der Waals surface area contributed by atoms with Crippen molar-refractivity contribution in [3.63, 3.8) is 0 Å². The highest BCUT2D eigenvalue weighted by Crippen LogP contribution is 2.37. The van der Waals surface area contributed by atoms with Crippen LogP contribution >= 0.6 is 0 Å². The Morgan fingerprint density at radius 2 is 1.68 bits per heavy atom. The predicted octanol–water partition coefficient (Wildman–Crippen LogP) is 2.71. The van der Waals surface area contributed by atoms with Gasteiger partial charge in [0.1, 0.15) is 0 Å². The molecule has 1 aromatic carbocycles. The van der Waals surface area contributed by atoms with Crippen molar-refractivity contribution >= 4 is 17.6 Å². The van der Waals surface area contributed by atoms with Crippen LogP contribution < -0.4 is 5.73 Å². The molecular weight excluding hydrogens is 246 g/mol. The second-order valence-corrected chi connectivity index (χ2v) is 4.94. The minimum absolute atomic E-state index is 0.110. The van der Waals surface area contributed by atoms with Gasteiger partial charge in [-0.1, -0.05) is 25.3 Å². The minimum atomic E-state index is -1.28. The summed E-state index contributed by atoms with van der Waals surface area (Å²) >= 11 is 0. The zero-order valence-corrected chi connectivity index (χ0v) is 10.6. The van der Waals surface area contributed by atoms with Crippen LogP contribution in [0.3, 0.4) is 0 Å². The number of aromatic carboxylic acids is 2. The predicted molar refractivity (Wildman–Crippen MR) is 70.6 cm³/mol. The molecule has 2 rings (SSSR count). The van der Waals surface area contributed by atoms with Crippen molar-refractivity contribution in [1.82, 2.24) is 0 Å². The number of hydrogen-bond donors (Lipinski definition) is 3. The van der Waals surface area contributed by atoms with Gasteiger partial charge in [-0.3, -0.25) is 0 Å². The van der Waals surface area contributed by atoms with E-state index >= 15 is 0 Å². The Morgan fingerprint density at radius 3 is 2.21 bits per heavy atom. The number of nitrogens with two attached hydrogens (primary N) is 1. The summed E-state index contributed by atoms with van der Waals surface area (Å²) in [6, 6.07) is 3.02. The van der Waals surface area contributed by atoms with Crippen molar-refractivity contribution in [3.8, 4) is 0 Å². The number of benzene rings is 1. The quantitative estimate of drug-likeness (QED) is 0.728. The highest BCUT2D eigenvalue weighted by Gasteiger charge is 2.25. The second-order valence-electron chi connectivity index (χ2n) is 4.94. The number of hydrogen-bond acceptors (Lipinski definition) is 3. The summed E-state index contributed by atoms with van der Waals surface area (Å²) in [6.45, 7) is 0. The maximum atomic E-state index is 11.2. The third kappa shape index (κ3) is 2.54. The highest BCUT2D eigenvalue weighted by atomic mass is 16.4. The molecule has 0 heterocycles. The molecule has 0 aromatic heterocycles. The van der Waals surface area contributed by atoms with E-state index in [0.717, 1.165) is 31.2 Å². The van der Waals surface area contributed by atoms with Crippen molar-refractivity contribution < 1.29 is 19.8 Å². The van der Waals surface area contributed by atoms with Gasteiger partial charge < -0.3 is 15.9 Å². The number of carboxylic acids is 2. The smallest absolute Gasteiger partial charge is 0.338 e. The summed E-state index contributed by atoms with van der Waals surface area (Å²) < 4.78 is 0. The molecule has 0 atom stereocenters. The van der Waals surface area contributed by atoms with Gasteiger partial charge in [-0.2, -0.15) is 0 Å². The molecule has 1 aliphatic carbocycles. The van der Waals surface area contributed by atoms with Crippen LogP contribution in [0.25, 0.3) is 0 Å². The van der Waals surface area contributed by atoms with Crippen LogP contribution in [0, 0.1) is 0 Å². The van der Waals surface area contributed by atoms with E-state index < -0.39 is 11.9 Å². The maximum absolute atomic E-state index is 11.2. The molecule has 1 fully saturated rings. The molecule has 5 nitrogen and oxygen atoms in total. The fraction of sp³-hybridized carbons (Fsp3) is 0.429. The number of nitrogen functional groups attached to an aromatic ring is 1. The van der Waals surface area contributed by atoms with Crippen molar-refractivity contribution in [1.29, 1.82) is 0 Å². The van der Waals surface area contributed by atoms with E-state index in [9.17, 15) is 14.7 Å². The normalized spacial score (nSPS) is 16.2. The van der Waals surface area contributed by atoms with E-state index in [0.29, 0.717) is 0 Å². The van der Waals surface area contributed by atoms with Crippen LogP contribution in [0.2, 0.25) is 0 Å². The molecule has 4 N–H and O–H groups in total. The van der Waals surface area contributed by atoms with Gasteiger partial charge in [0, 0.05) is 0 Å². The summed E-state index contributed by atoms with van der Waals surface area (Å²) in [5.74, 6) is -2.30. The molecule has 0 bridgehead atoms. The Balaban J connectivity index is 2.49. The maximum Gasteiger partial charge on any atom is 0.338 e. The van der Waals surface area contributed by atoms with E-state index in [1.807, 2.05) is 0 Å². The van der Waals surface area contributed by atoms with E-state index in [1.54, 1.807) is 6.07 Å². The summed E-state index contributed by atoms with van der Waals surface area (Å²) in [5.41, 5.74) is 6.27. The summed E-state index contributed by atoms with van der Waals surface area (Å²) in [4.78, 5) is 22.3. The average Bonchev–Trinajstić information content (AvgIpc) is 2.38. The lowest BCUT2D eigenvalue weighted by Gasteiger charge is -2.24. The molecule has 1 aliphatic rings. The lowest BCUT2D eigenvalue weighted by Crippen LogP contribution is -2.15. The van der Waals surface area contributed by atoms with E-state index in [2.05, 4.69) is 0 Å². The molecule has 0 saturated heterocycles. The topological polar surface area (TPSA) is 101 Å². The van der Waals surface area contributed by atoms with Crippen molar-refractivity contribution in [2.75, 3.05) is 5.73 Å². The standard InChI is InChI=1S/C14H17NO4/c15-12-9(8-4-2-1-3-5-8)6-7-10(13(16)17)11(12)14(18)19/h6-8H,1-5,15H2,(H,16,17)(H,18,19). The lowest BCUT2D eigenvalue weighted by atomic mass is 9.82. The van der Waals surface area contributed by atoms with Crippen LogP contribution in [0.1, 0.15) is 64.3 Å². The van der Waals surface area contributed by atoms with Crippen molar-refractivity contribution in [2.45, 2.75) is 38.0 Å². The van der Waals surface area contributed by atoms with Gasteiger partial charge >= 0.3 is 11.9 Å². The number of carboxylic acid groups (broad SMARTS) is 2. The fourth-order valence-corrected chi connectivity index (χ4v) is 2.81. The average molecular weight is 263 g/mol. The van der Waals surface area contributed by atoms with Crippen molar-refractivity contribution in [2.24, 2.45) is 0 Å². The molecule has 0 unspecified atom stereocenters. The number of carbonyl (C=O) groups is 2. The largest absolute Gasteiger partial charge is 0.478 e. The van der Waals surface area contributed by atoms with Crippen LogP contribution in [0.4, 0.5) is 5.69 Å². The van der Waals surface area contributed by atoms with Gasteiger partial charge in [-0.05, 0) is 30.4 Å². The first-order valence-electron chi connectivity index (χ1n) is 6.41. The zero-order valence-electron chi connectivity index (χ0n) is 10.6. The number of rotatable bonds is 3. The third-order valence-corrected chi connectivity index (χ3v) is 3.77. The first-order chi connectivity index (χ1) is 9.02. The SMILES string of the molecule is Nc1c(C2CCCCC2)ccc(C(=O)O)c1C(=O)O. The van der Waals surface area contributed by atoms with Crippen LogP contribution in [-0.4, -0.2) is 22.2 Å². The minimum Gasteiger partial charge on any atom is -0.478 e. The summed E-state index contributed by atoms with van der Waals surface area (Å²) in [6.07, 6.45) is 5.36. The van der Waals surface area contributed by atoms with Gasteiger partial charge in [0.25, 0.3) is 0 Å². The Hall–Kier alpha value is -2.04. The third-order valence-electron chi connectivity index (χ3n) is 3.77. The molecule has 19 heavy (non-hydrogen) atoms. The van der Waals surface area contributed by atoms with Crippen LogP contribution in [0.5, 0.6) is 0 Å². The fourth-order valence-electron chi connectivity index (χ4n) is 2.81. The Labute approximate surface area is 111 Å². The molecule has 1 aromatic rings. The second kappa shape index (κ2) is 5.30. The van der Waals surface area contributed by atoms with Crippen LogP contribution in [-0.2, 0) is 0 Å². The number of anilines is 1. The zero-order chi connectivity index (χ0) is 14.0. The molecule has 0 radical (unpaired) electrons. The molecule has 5 heteroatoms. The monoisotopic (exact) mass is 263 g/mol. The van der Waals surface area contributed by atoms with Crippen molar-refractivity contribution in [3.05, 3.63) is 28.8 Å². The Morgan fingerprint density at radius 1 is 1.05 bits per heavy atom. The molecule has 0 amide bonds. The van der Waals surface area contributed by atoms with Gasteiger partial charge in [-0.15, -0.1) is 0 Å². The molecule has 102 valence electrons. The van der Waals surface area contributed by atoms with E-state index in [1.165, 1.54) is 12.5 Å². The molecule has 0 aliphatic heterocycles.